The van der Waals surface area contributed by atoms with Crippen molar-refractivity contribution in [3.63, 3.8) is 0 Å². The van der Waals surface area contributed by atoms with E-state index >= 15 is 0 Å². The normalized spacial score (nSPS) is 14.8. The van der Waals surface area contributed by atoms with Crippen LogP contribution in [0.5, 0.6) is 0 Å². The van der Waals surface area contributed by atoms with E-state index in [9.17, 15) is 14.9 Å². The largest absolute Gasteiger partial charge is 0.444 e. The number of hydrogen-bond donors (Lipinski definition) is 2. The molecule has 0 saturated carbocycles. The topological polar surface area (TPSA) is 155 Å². The zero-order valence-electron chi connectivity index (χ0n) is 21.0. The van der Waals surface area contributed by atoms with E-state index in [1.165, 1.54) is 11.0 Å². The highest BCUT2D eigenvalue weighted by atomic mass is 35.5. The van der Waals surface area contributed by atoms with Crippen LogP contribution < -0.4 is 21.6 Å². The second kappa shape index (κ2) is 10.1. The van der Waals surface area contributed by atoms with Crippen LogP contribution in [0.2, 0.25) is 5.02 Å². The van der Waals surface area contributed by atoms with Crippen LogP contribution in [0.3, 0.4) is 0 Å². The molecule has 1 fully saturated rings. The van der Waals surface area contributed by atoms with Crippen molar-refractivity contribution in [2.45, 2.75) is 39.3 Å². The molecule has 0 radical (unpaired) electrons. The molecule has 1 aromatic carbocycles. The average Bonchev–Trinajstić information content (AvgIpc) is 2.83. The number of amides is 1. The van der Waals surface area contributed by atoms with Gasteiger partial charge in [0.1, 0.15) is 35.2 Å². The first kappa shape index (κ1) is 26.0. The number of nitriles is 1. The Kier molecular flexibility index (Phi) is 7.09. The Hall–Kier alpha value is -4.11. The molecule has 1 aliphatic rings. The van der Waals surface area contributed by atoms with Gasteiger partial charge in [-0.25, -0.2) is 24.4 Å². The number of nitrogens with zero attached hydrogens (tertiary/aromatic N) is 7. The zero-order valence-corrected chi connectivity index (χ0v) is 21.8. The number of carbonyl (C=O) groups excluding carboxylic acids is 1. The fraction of sp³-hybridized carbons (Fsp3) is 0.417. The summed E-state index contributed by atoms with van der Waals surface area (Å²) in [6, 6.07) is 6.51. The second-order valence-electron chi connectivity index (χ2n) is 9.60. The summed E-state index contributed by atoms with van der Waals surface area (Å²) in [7, 11) is 0. The van der Waals surface area contributed by atoms with Gasteiger partial charge in [0.15, 0.2) is 5.82 Å². The van der Waals surface area contributed by atoms with Crippen molar-refractivity contribution in [2.75, 3.05) is 42.2 Å². The van der Waals surface area contributed by atoms with E-state index in [0.29, 0.717) is 47.9 Å². The van der Waals surface area contributed by atoms with Gasteiger partial charge in [-0.15, -0.1) is 0 Å². The van der Waals surface area contributed by atoms with Gasteiger partial charge in [0.2, 0.25) is 0 Å². The number of ether oxygens (including phenoxy) is 1. The summed E-state index contributed by atoms with van der Waals surface area (Å²) in [4.78, 5) is 40.7. The third-order valence-electron chi connectivity index (χ3n) is 5.77. The zero-order chi connectivity index (χ0) is 26.9. The highest BCUT2D eigenvalue weighted by Crippen LogP contribution is 2.25. The molecule has 0 bridgehead atoms. The molecule has 1 amide bonds. The molecule has 0 unspecified atom stereocenters. The number of hydrogen-bond acceptors (Lipinski definition) is 10. The first-order valence-electron chi connectivity index (χ1n) is 11.7. The summed E-state index contributed by atoms with van der Waals surface area (Å²) in [5, 5.41) is 15.1. The van der Waals surface area contributed by atoms with Gasteiger partial charge < -0.3 is 25.7 Å². The molecule has 1 saturated heterocycles. The number of rotatable bonds is 4. The van der Waals surface area contributed by atoms with Crippen molar-refractivity contribution < 1.29 is 9.53 Å². The lowest BCUT2D eigenvalue weighted by molar-refractivity contribution is 0.0231. The number of piperazine rings is 1. The van der Waals surface area contributed by atoms with Crippen molar-refractivity contribution in [1.29, 1.82) is 5.26 Å². The van der Waals surface area contributed by atoms with Crippen LogP contribution in [0, 0.1) is 11.3 Å². The molecule has 37 heavy (non-hydrogen) atoms. The van der Waals surface area contributed by atoms with Gasteiger partial charge in [-0.1, -0.05) is 17.7 Å². The van der Waals surface area contributed by atoms with Crippen molar-refractivity contribution >= 4 is 40.2 Å². The molecule has 1 atom stereocenters. The lowest BCUT2D eigenvalue weighted by atomic mass is 10.2. The minimum absolute atomic E-state index is 0.0427. The summed E-state index contributed by atoms with van der Waals surface area (Å²) in [6.07, 6.45) is 0.849. The molecule has 2 aromatic heterocycles. The number of nitrogens with one attached hydrogen (secondary N) is 1. The van der Waals surface area contributed by atoms with E-state index in [-0.39, 0.29) is 22.8 Å². The van der Waals surface area contributed by atoms with Crippen molar-refractivity contribution in [3.05, 3.63) is 51.3 Å². The third-order valence-corrected chi connectivity index (χ3v) is 6.08. The molecule has 0 spiro atoms. The number of nitrogen functional groups attached to an aromatic ring is 1. The van der Waals surface area contributed by atoms with Gasteiger partial charge in [-0.3, -0.25) is 4.79 Å². The molecule has 194 valence electrons. The Balaban J connectivity index is 1.71. The molecule has 3 N–H and O–H groups in total. The van der Waals surface area contributed by atoms with Crippen LogP contribution in [-0.2, 0) is 4.74 Å². The van der Waals surface area contributed by atoms with Crippen molar-refractivity contribution in [1.82, 2.24) is 24.5 Å². The monoisotopic (exact) mass is 525 g/mol. The van der Waals surface area contributed by atoms with Gasteiger partial charge in [0.05, 0.1) is 35.1 Å². The molecule has 1 aliphatic heterocycles. The standard InChI is InChI=1S/C24H28ClN9O3/c1-14(30-20-15(12-26)19(27)28-13-29-20)21-31-17-7-5-6-16(25)18(17)22(35)34(21)33-10-8-32(9-11-33)23(36)37-24(2,3)4/h5-7,13-14H,8-11H2,1-4H3,(H3,27,28,29,30)/t14-/m0/s1. The Labute approximate surface area is 218 Å². The Morgan fingerprint density at radius 1 is 1.24 bits per heavy atom. The lowest BCUT2D eigenvalue weighted by Gasteiger charge is -2.38. The molecule has 3 aromatic rings. The highest BCUT2D eigenvalue weighted by molar-refractivity contribution is 6.35. The smallest absolute Gasteiger partial charge is 0.410 e. The average molecular weight is 526 g/mol. The van der Waals surface area contributed by atoms with E-state index in [1.54, 1.807) is 30.0 Å². The minimum Gasteiger partial charge on any atom is -0.444 e. The van der Waals surface area contributed by atoms with Crippen LogP contribution in [0.25, 0.3) is 10.9 Å². The highest BCUT2D eigenvalue weighted by Gasteiger charge is 2.29. The minimum atomic E-state index is -0.606. The number of carbonyl (C=O) groups is 1. The molecule has 0 aliphatic carbocycles. The van der Waals surface area contributed by atoms with Crippen LogP contribution in [0.4, 0.5) is 16.4 Å². The predicted molar refractivity (Wildman–Crippen MR) is 140 cm³/mol. The molecular formula is C24H28ClN9O3. The first-order chi connectivity index (χ1) is 17.5. The fourth-order valence-electron chi connectivity index (χ4n) is 4.05. The molecule has 4 rings (SSSR count). The Bertz CT molecular complexity index is 1440. The van der Waals surface area contributed by atoms with Crippen LogP contribution in [0.15, 0.2) is 29.3 Å². The summed E-state index contributed by atoms with van der Waals surface area (Å²) in [6.45, 7) is 8.67. The lowest BCUT2D eigenvalue weighted by Crippen LogP contribution is -2.57. The van der Waals surface area contributed by atoms with Gasteiger partial charge in [0.25, 0.3) is 5.56 Å². The summed E-state index contributed by atoms with van der Waals surface area (Å²) >= 11 is 6.39. The number of halogens is 1. The number of benzene rings is 1. The molecule has 12 nitrogen and oxygen atoms in total. The van der Waals surface area contributed by atoms with E-state index in [4.69, 9.17) is 27.1 Å². The summed E-state index contributed by atoms with van der Waals surface area (Å²) < 4.78 is 6.97. The quantitative estimate of drug-likeness (QED) is 0.519. The number of aromatic nitrogens is 4. The first-order valence-corrected chi connectivity index (χ1v) is 12.1. The predicted octanol–water partition coefficient (Wildman–Crippen LogP) is 2.66. The van der Waals surface area contributed by atoms with E-state index in [2.05, 4.69) is 15.3 Å². The van der Waals surface area contributed by atoms with Crippen LogP contribution >= 0.6 is 11.6 Å². The second-order valence-corrected chi connectivity index (χ2v) is 10.0. The fourth-order valence-corrected chi connectivity index (χ4v) is 4.30. The maximum Gasteiger partial charge on any atom is 0.410 e. The van der Waals surface area contributed by atoms with Crippen LogP contribution in [-0.4, -0.2) is 62.4 Å². The Morgan fingerprint density at radius 3 is 2.59 bits per heavy atom. The maximum atomic E-state index is 13.8. The Morgan fingerprint density at radius 2 is 1.95 bits per heavy atom. The van der Waals surface area contributed by atoms with E-state index in [0.717, 1.165) is 0 Å². The number of anilines is 2. The van der Waals surface area contributed by atoms with Crippen molar-refractivity contribution in [3.8, 4) is 6.07 Å². The summed E-state index contributed by atoms with van der Waals surface area (Å²) in [5.74, 6) is 0.650. The molecule has 3 heterocycles. The van der Waals surface area contributed by atoms with Crippen molar-refractivity contribution in [2.24, 2.45) is 0 Å². The van der Waals surface area contributed by atoms with Gasteiger partial charge >= 0.3 is 6.09 Å². The number of fused-ring (bicyclic) bond motifs is 1. The maximum absolute atomic E-state index is 13.8. The van der Waals surface area contributed by atoms with Gasteiger partial charge in [-0.05, 0) is 39.8 Å². The summed E-state index contributed by atoms with van der Waals surface area (Å²) in [5.41, 5.74) is 5.42. The van der Waals surface area contributed by atoms with Gasteiger partial charge in [0, 0.05) is 13.1 Å². The molecular weight excluding hydrogens is 498 g/mol. The van der Waals surface area contributed by atoms with Crippen LogP contribution in [0.1, 0.15) is 45.1 Å². The van der Waals surface area contributed by atoms with E-state index < -0.39 is 17.7 Å². The van der Waals surface area contributed by atoms with E-state index in [1.807, 2.05) is 31.8 Å². The number of nitrogens with two attached hydrogens (primary N) is 1. The van der Waals surface area contributed by atoms with Gasteiger partial charge in [-0.2, -0.15) is 5.26 Å². The molecule has 13 heteroatoms. The SMILES string of the molecule is C[C@H](Nc1ncnc(N)c1C#N)c1nc2cccc(Cl)c2c(=O)n1N1CCN(C(=O)OC(C)(C)C)CC1. The third kappa shape index (κ3) is 5.36.